The van der Waals surface area contributed by atoms with E-state index >= 15 is 0 Å². The van der Waals surface area contributed by atoms with E-state index in [0.717, 1.165) is 18.2 Å². The van der Waals surface area contributed by atoms with Crippen LogP contribution >= 0.6 is 0 Å². The van der Waals surface area contributed by atoms with Gasteiger partial charge in [0.05, 0.1) is 12.2 Å². The van der Waals surface area contributed by atoms with Crippen molar-refractivity contribution in [1.29, 1.82) is 0 Å². The second-order valence-electron chi connectivity index (χ2n) is 6.28. The first kappa shape index (κ1) is 23.6. The molecule has 0 heterocycles. The standard InChI is InChI=1S/C17H20F6N2O3/c1-4-28-14(27)15(17(21,22)23,25-13(26)9-10(2)3)24-12-8-6-5-7-11(12)16(18,19)20/h5-8,10,24H,4,9H2,1-3H3,(H,25,26). The van der Waals surface area contributed by atoms with Gasteiger partial charge in [0.25, 0.3) is 0 Å². The number of ether oxygens (including phenoxy) is 1. The molecule has 1 amide bonds. The summed E-state index contributed by atoms with van der Waals surface area (Å²) in [6, 6.07) is 3.30. The van der Waals surface area contributed by atoms with Crippen LogP contribution in [0.15, 0.2) is 24.3 Å². The number of para-hydroxylation sites is 1. The number of amides is 1. The highest BCUT2D eigenvalue weighted by Gasteiger charge is 2.64. The highest BCUT2D eigenvalue weighted by atomic mass is 19.4. The fourth-order valence-corrected chi connectivity index (χ4v) is 2.30. The number of hydrogen-bond donors (Lipinski definition) is 2. The molecule has 0 spiro atoms. The van der Waals surface area contributed by atoms with Crippen molar-refractivity contribution in [1.82, 2.24) is 5.32 Å². The van der Waals surface area contributed by atoms with Gasteiger partial charge in [0.2, 0.25) is 5.91 Å². The number of alkyl halides is 6. The van der Waals surface area contributed by atoms with Gasteiger partial charge >= 0.3 is 24.0 Å². The fraction of sp³-hybridized carbons (Fsp3) is 0.529. The average Bonchev–Trinajstić information content (AvgIpc) is 2.52. The lowest BCUT2D eigenvalue weighted by atomic mass is 10.0. The maximum absolute atomic E-state index is 13.9. The molecule has 0 aliphatic rings. The lowest BCUT2D eigenvalue weighted by Crippen LogP contribution is -2.69. The molecule has 0 aromatic heterocycles. The number of nitrogens with one attached hydrogen (secondary N) is 2. The van der Waals surface area contributed by atoms with Crippen molar-refractivity contribution in [2.45, 2.75) is 45.2 Å². The zero-order chi connectivity index (χ0) is 21.8. The van der Waals surface area contributed by atoms with Gasteiger partial charge < -0.3 is 15.4 Å². The van der Waals surface area contributed by atoms with Gasteiger partial charge in [-0.1, -0.05) is 26.0 Å². The smallest absolute Gasteiger partial charge is 0.441 e. The van der Waals surface area contributed by atoms with E-state index in [-0.39, 0.29) is 12.3 Å². The van der Waals surface area contributed by atoms with Crippen LogP contribution in [0.3, 0.4) is 0 Å². The third kappa shape index (κ3) is 5.52. The Morgan fingerprint density at radius 2 is 1.64 bits per heavy atom. The van der Waals surface area contributed by atoms with Crippen LogP contribution in [0.5, 0.6) is 0 Å². The summed E-state index contributed by atoms with van der Waals surface area (Å²) in [7, 11) is 0. The predicted molar refractivity (Wildman–Crippen MR) is 88.1 cm³/mol. The number of benzene rings is 1. The van der Waals surface area contributed by atoms with Crippen molar-refractivity contribution in [2.75, 3.05) is 11.9 Å². The van der Waals surface area contributed by atoms with E-state index < -0.39 is 47.7 Å². The van der Waals surface area contributed by atoms with Crippen LogP contribution in [0.4, 0.5) is 32.0 Å². The highest BCUT2D eigenvalue weighted by Crippen LogP contribution is 2.39. The van der Waals surface area contributed by atoms with Gasteiger partial charge in [0.15, 0.2) is 0 Å². The topological polar surface area (TPSA) is 67.4 Å². The van der Waals surface area contributed by atoms with Gasteiger partial charge in [-0.2, -0.15) is 26.3 Å². The molecule has 0 aliphatic carbocycles. The summed E-state index contributed by atoms with van der Waals surface area (Å²) in [5.41, 5.74) is -6.37. The maximum Gasteiger partial charge on any atom is 0.441 e. The second kappa shape index (κ2) is 8.70. The molecule has 0 aliphatic heterocycles. The maximum atomic E-state index is 13.9. The largest absolute Gasteiger partial charge is 0.463 e. The Balaban J connectivity index is 3.54. The van der Waals surface area contributed by atoms with Crippen LogP contribution < -0.4 is 10.6 Å². The van der Waals surface area contributed by atoms with Crippen LogP contribution in [0.1, 0.15) is 32.8 Å². The van der Waals surface area contributed by atoms with Crippen molar-refractivity contribution in [2.24, 2.45) is 5.92 Å². The van der Waals surface area contributed by atoms with Crippen LogP contribution in [0, 0.1) is 5.92 Å². The molecule has 1 atom stereocenters. The molecule has 0 radical (unpaired) electrons. The zero-order valence-corrected chi connectivity index (χ0v) is 15.3. The lowest BCUT2D eigenvalue weighted by Gasteiger charge is -2.36. The third-order valence-electron chi connectivity index (χ3n) is 3.48. The number of rotatable bonds is 7. The van der Waals surface area contributed by atoms with Crippen molar-refractivity contribution >= 4 is 17.6 Å². The van der Waals surface area contributed by atoms with E-state index in [4.69, 9.17) is 0 Å². The molecule has 0 saturated carbocycles. The Hall–Kier alpha value is -2.46. The summed E-state index contributed by atoms with van der Waals surface area (Å²) in [6.07, 6.45) is -10.9. The van der Waals surface area contributed by atoms with Gasteiger partial charge in [-0.05, 0) is 25.0 Å². The van der Waals surface area contributed by atoms with Crippen molar-refractivity contribution in [3.8, 4) is 0 Å². The quantitative estimate of drug-likeness (QED) is 0.401. The van der Waals surface area contributed by atoms with Gasteiger partial charge in [0, 0.05) is 12.1 Å². The first-order valence-electron chi connectivity index (χ1n) is 8.24. The number of halogens is 6. The molecule has 0 bridgehead atoms. The minimum atomic E-state index is -5.51. The zero-order valence-electron chi connectivity index (χ0n) is 15.3. The van der Waals surface area contributed by atoms with E-state index in [9.17, 15) is 35.9 Å². The Morgan fingerprint density at radius 3 is 2.11 bits per heavy atom. The first-order valence-corrected chi connectivity index (χ1v) is 8.24. The third-order valence-corrected chi connectivity index (χ3v) is 3.48. The monoisotopic (exact) mass is 414 g/mol. The summed E-state index contributed by atoms with van der Waals surface area (Å²) in [5.74, 6) is -3.52. The Morgan fingerprint density at radius 1 is 1.07 bits per heavy atom. The number of anilines is 1. The molecule has 11 heteroatoms. The van der Waals surface area contributed by atoms with Crippen molar-refractivity contribution in [3.05, 3.63) is 29.8 Å². The van der Waals surface area contributed by atoms with Crippen LogP contribution in [0.25, 0.3) is 0 Å². The lowest BCUT2D eigenvalue weighted by molar-refractivity contribution is -0.208. The normalized spacial score (nSPS) is 14.4. The molecule has 2 N–H and O–H groups in total. The van der Waals surface area contributed by atoms with Crippen molar-refractivity contribution in [3.63, 3.8) is 0 Å². The molecule has 0 saturated heterocycles. The number of carbonyl (C=O) groups is 2. The Kier molecular flexibility index (Phi) is 7.32. The SMILES string of the molecule is CCOC(=O)C(NC(=O)CC(C)C)(Nc1ccccc1C(F)(F)F)C(F)(F)F. The van der Waals surface area contributed by atoms with E-state index in [1.54, 1.807) is 19.2 Å². The van der Waals surface area contributed by atoms with Gasteiger partial charge in [-0.15, -0.1) is 0 Å². The Labute approximate surface area is 157 Å². The molecule has 0 fully saturated rings. The molecule has 1 aromatic rings. The molecule has 1 aromatic carbocycles. The molecular weight excluding hydrogens is 394 g/mol. The predicted octanol–water partition coefficient (Wildman–Crippen LogP) is 4.10. The van der Waals surface area contributed by atoms with Crippen LogP contribution in [-0.2, 0) is 20.5 Å². The van der Waals surface area contributed by atoms with E-state index in [1.807, 2.05) is 0 Å². The van der Waals surface area contributed by atoms with Gasteiger partial charge in [0.1, 0.15) is 0 Å². The fourth-order valence-electron chi connectivity index (χ4n) is 2.30. The van der Waals surface area contributed by atoms with E-state index in [2.05, 4.69) is 4.74 Å². The molecule has 5 nitrogen and oxygen atoms in total. The summed E-state index contributed by atoms with van der Waals surface area (Å²) in [6.45, 7) is 3.83. The Bertz CT molecular complexity index is 703. The molecule has 158 valence electrons. The number of esters is 1. The number of carbonyl (C=O) groups excluding carboxylic acids is 2. The van der Waals surface area contributed by atoms with Gasteiger partial charge in [-0.25, -0.2) is 4.79 Å². The van der Waals surface area contributed by atoms with Crippen LogP contribution in [0.2, 0.25) is 0 Å². The minimum Gasteiger partial charge on any atom is -0.463 e. The molecular formula is C17H20F6N2O3. The molecule has 1 unspecified atom stereocenters. The highest BCUT2D eigenvalue weighted by molar-refractivity contribution is 5.91. The van der Waals surface area contributed by atoms with E-state index in [0.29, 0.717) is 6.07 Å². The van der Waals surface area contributed by atoms with Crippen LogP contribution in [-0.4, -0.2) is 30.3 Å². The summed E-state index contributed by atoms with van der Waals surface area (Å²) in [5, 5.41) is 3.04. The minimum absolute atomic E-state index is 0.365. The van der Waals surface area contributed by atoms with Gasteiger partial charge in [-0.3, -0.25) is 4.79 Å². The average molecular weight is 414 g/mol. The first-order chi connectivity index (χ1) is 12.7. The number of hydrogen-bond acceptors (Lipinski definition) is 4. The van der Waals surface area contributed by atoms with Crippen molar-refractivity contribution < 1.29 is 40.7 Å². The molecule has 1 rings (SSSR count). The molecule has 28 heavy (non-hydrogen) atoms. The second-order valence-corrected chi connectivity index (χ2v) is 6.28. The van der Waals surface area contributed by atoms with E-state index in [1.165, 1.54) is 12.2 Å². The summed E-state index contributed by atoms with van der Waals surface area (Å²) in [4.78, 5) is 24.2. The summed E-state index contributed by atoms with van der Waals surface area (Å²) < 4.78 is 85.7. The summed E-state index contributed by atoms with van der Waals surface area (Å²) >= 11 is 0.